The molecule has 1 saturated heterocycles. The summed E-state index contributed by atoms with van der Waals surface area (Å²) in [6, 6.07) is 0.970. The van der Waals surface area contributed by atoms with E-state index < -0.39 is 120 Å². The van der Waals surface area contributed by atoms with Gasteiger partial charge in [-0.1, -0.05) is 81.5 Å². The minimum atomic E-state index is -1.88. The lowest BCUT2D eigenvalue weighted by Crippen LogP contribution is -2.58. The summed E-state index contributed by atoms with van der Waals surface area (Å²) < 4.78 is 5.80. The van der Waals surface area contributed by atoms with Crippen LogP contribution in [-0.2, 0) is 54.3 Å². The van der Waals surface area contributed by atoms with Gasteiger partial charge in [-0.05, 0) is 52.0 Å². The molecule has 0 aromatic heterocycles. The highest BCUT2D eigenvalue weighted by atomic mass is 16.5. The average Bonchev–Trinajstić information content (AvgIpc) is 3.28. The molecule has 10 atom stereocenters. The molecule has 0 aliphatic carbocycles. The summed E-state index contributed by atoms with van der Waals surface area (Å²) in [4.78, 5) is 124. The molecule has 1 aromatic rings. The minimum Gasteiger partial charge on any atom is -0.480 e. The van der Waals surface area contributed by atoms with E-state index in [1.807, 2.05) is 43.3 Å². The van der Waals surface area contributed by atoms with Crippen LogP contribution in [-0.4, -0.2) is 137 Å². The molecule has 374 valence electrons. The standard InChI is InChI=1S/C46H68N10O12/c1-24(22-25(2)35(68-9)23-31-14-11-10-12-15-31)17-18-32-26(3)38(58)54-34(44(64)65)19-20-36(57)56(8)30(7)42(62)51-28(5)40(60)50-29(6)41(61)55-37(45(66)67)27(4)39(59)53-33(43(63)52-32)16-13-21-49-46(47)48/h10-12,14-15,17-18,22,25-29,32-35,37H,7,13,16,19-21,23H2,1-6,8-9H3,(H,50,60)(H,51,62)(H,52,63)(H,53,59)(H,54,58)(H,55,61)(H,64,65)(H,66,67)(H4,47,48,49)/b18-17+,24-22+/t25-,26-,27?,28+,29-,32-,33+,34+,35-,37+/m0/s1. The average molecular weight is 953 g/mol. The molecule has 12 N–H and O–H groups in total. The first kappa shape index (κ1) is 57.0. The van der Waals surface area contributed by atoms with Crippen molar-refractivity contribution < 1.29 is 58.1 Å². The second-order valence-electron chi connectivity index (χ2n) is 16.8. The summed E-state index contributed by atoms with van der Waals surface area (Å²) >= 11 is 0. The molecule has 68 heavy (non-hydrogen) atoms. The van der Waals surface area contributed by atoms with E-state index in [9.17, 15) is 53.4 Å². The SMILES string of the molecule is C=C1C(=O)N[C@H](C)C(=O)N[C@@H](C)C(=O)N[C@@H](C(=O)O)C(C)C(=O)N[C@H](CCCN=C(N)N)C(=O)N[C@@H](/C=C/C(C)=C/[C@H](C)[C@H](Cc2ccccc2)OC)[C@H](C)C(=O)N[C@@H](C(=O)O)CCC(=O)N1C. The molecular formula is C46H68N10O12. The Balaban J connectivity index is 2.68. The highest BCUT2D eigenvalue weighted by Gasteiger charge is 2.36. The highest BCUT2D eigenvalue weighted by molar-refractivity contribution is 6.00. The number of rotatable bonds is 13. The molecule has 0 spiro atoms. The first-order chi connectivity index (χ1) is 31.9. The Morgan fingerprint density at radius 2 is 1.46 bits per heavy atom. The number of methoxy groups -OCH3 is 1. The summed E-state index contributed by atoms with van der Waals surface area (Å²) in [6.07, 6.45) is 4.62. The molecule has 1 heterocycles. The van der Waals surface area contributed by atoms with Crippen molar-refractivity contribution in [1.29, 1.82) is 0 Å². The Bertz CT molecular complexity index is 2090. The van der Waals surface area contributed by atoms with Crippen molar-refractivity contribution in [2.24, 2.45) is 34.2 Å². The van der Waals surface area contributed by atoms with Gasteiger partial charge >= 0.3 is 11.9 Å². The molecule has 1 aliphatic heterocycles. The zero-order valence-corrected chi connectivity index (χ0v) is 39.9. The maximum absolute atomic E-state index is 14.3. The fourth-order valence-corrected chi connectivity index (χ4v) is 6.89. The van der Waals surface area contributed by atoms with Gasteiger partial charge < -0.3 is 63.2 Å². The van der Waals surface area contributed by atoms with Crippen LogP contribution in [0, 0.1) is 17.8 Å². The number of allylic oxidation sites excluding steroid dienone is 2. The van der Waals surface area contributed by atoms with E-state index in [2.05, 4.69) is 43.5 Å². The van der Waals surface area contributed by atoms with Gasteiger partial charge in [-0.25, -0.2) is 9.59 Å². The number of benzene rings is 1. The molecule has 1 aliphatic rings. The number of aliphatic carboxylic acids is 2. The van der Waals surface area contributed by atoms with E-state index in [0.29, 0.717) is 12.0 Å². The van der Waals surface area contributed by atoms with Crippen LogP contribution in [0.15, 0.2) is 71.4 Å². The van der Waals surface area contributed by atoms with Crippen LogP contribution in [0.2, 0.25) is 0 Å². The largest absolute Gasteiger partial charge is 0.480 e. The van der Waals surface area contributed by atoms with Crippen LogP contribution in [0.5, 0.6) is 0 Å². The number of likely N-dealkylation sites (N-methyl/N-ethyl adjacent to an activating group) is 1. The fourth-order valence-electron chi connectivity index (χ4n) is 6.89. The number of carboxylic acid groups (broad SMARTS) is 2. The van der Waals surface area contributed by atoms with Gasteiger partial charge in [-0.2, -0.15) is 0 Å². The van der Waals surface area contributed by atoms with Crippen LogP contribution < -0.4 is 43.4 Å². The Morgan fingerprint density at radius 1 is 0.853 bits per heavy atom. The van der Waals surface area contributed by atoms with Crippen LogP contribution >= 0.6 is 0 Å². The molecule has 7 amide bonds. The van der Waals surface area contributed by atoms with Crippen molar-refractivity contribution in [3.8, 4) is 0 Å². The first-order valence-corrected chi connectivity index (χ1v) is 22.1. The topological polar surface area (TPSA) is 343 Å². The van der Waals surface area contributed by atoms with Crippen molar-refractivity contribution in [1.82, 2.24) is 36.8 Å². The maximum atomic E-state index is 14.3. The third-order valence-electron chi connectivity index (χ3n) is 11.4. The van der Waals surface area contributed by atoms with Gasteiger partial charge in [-0.3, -0.25) is 38.6 Å². The molecule has 0 radical (unpaired) electrons. The molecule has 22 heteroatoms. The monoisotopic (exact) mass is 953 g/mol. The van der Waals surface area contributed by atoms with Gasteiger partial charge in [0.05, 0.1) is 24.0 Å². The molecular weight excluding hydrogens is 885 g/mol. The molecule has 0 bridgehead atoms. The third kappa shape index (κ3) is 18.3. The fraction of sp³-hybridized carbons (Fsp3) is 0.522. The van der Waals surface area contributed by atoms with Crippen molar-refractivity contribution in [2.45, 2.75) is 116 Å². The summed E-state index contributed by atoms with van der Waals surface area (Å²) in [5.41, 5.74) is 12.3. The number of carboxylic acids is 2. The first-order valence-electron chi connectivity index (χ1n) is 22.1. The number of nitrogens with two attached hydrogens (primary N) is 2. The summed E-state index contributed by atoms with van der Waals surface area (Å²) in [5.74, 6) is -12.5. The zero-order chi connectivity index (χ0) is 51.4. The Kier molecular flexibility index (Phi) is 23.1. The molecule has 1 aromatic carbocycles. The second kappa shape index (κ2) is 27.5. The quantitative estimate of drug-likeness (QED) is 0.0396. The Hall–Kier alpha value is -7.10. The van der Waals surface area contributed by atoms with E-state index in [-0.39, 0.29) is 37.4 Å². The number of nitrogens with zero attached hydrogens (tertiary/aromatic N) is 2. The van der Waals surface area contributed by atoms with Crippen molar-refractivity contribution in [2.75, 3.05) is 20.7 Å². The lowest BCUT2D eigenvalue weighted by atomic mass is 9.94. The normalized spacial score (nSPS) is 25.8. The number of ether oxygens (including phenoxy) is 1. The zero-order valence-electron chi connectivity index (χ0n) is 39.9. The molecule has 22 nitrogen and oxygen atoms in total. The number of aliphatic imine (C=N–C) groups is 1. The van der Waals surface area contributed by atoms with Gasteiger partial charge in [0.1, 0.15) is 35.9 Å². The van der Waals surface area contributed by atoms with E-state index in [1.54, 1.807) is 20.1 Å². The molecule has 2 rings (SSSR count). The lowest BCUT2D eigenvalue weighted by Gasteiger charge is -2.28. The maximum Gasteiger partial charge on any atom is 0.327 e. The van der Waals surface area contributed by atoms with Crippen LogP contribution in [0.3, 0.4) is 0 Å². The smallest absolute Gasteiger partial charge is 0.327 e. The van der Waals surface area contributed by atoms with Gasteiger partial charge in [0.15, 0.2) is 5.96 Å². The number of carbonyl (C=O) groups excluding carboxylic acids is 7. The van der Waals surface area contributed by atoms with Gasteiger partial charge in [0.25, 0.3) is 5.91 Å². The second-order valence-corrected chi connectivity index (χ2v) is 16.8. The van der Waals surface area contributed by atoms with Crippen LogP contribution in [0.4, 0.5) is 0 Å². The molecule has 1 unspecified atom stereocenters. The van der Waals surface area contributed by atoms with Crippen molar-refractivity contribution in [3.63, 3.8) is 0 Å². The van der Waals surface area contributed by atoms with E-state index in [0.717, 1.165) is 10.5 Å². The van der Waals surface area contributed by atoms with E-state index >= 15 is 0 Å². The molecule has 0 saturated carbocycles. The van der Waals surface area contributed by atoms with Crippen molar-refractivity contribution in [3.05, 3.63) is 72.0 Å². The lowest BCUT2D eigenvalue weighted by molar-refractivity contribution is -0.146. The number of amides is 7. The number of hydrogen-bond acceptors (Lipinski definition) is 11. The summed E-state index contributed by atoms with van der Waals surface area (Å²) in [5, 5.41) is 34.9. The minimum absolute atomic E-state index is 0.0251. The third-order valence-corrected chi connectivity index (χ3v) is 11.4. The molecule has 1 fully saturated rings. The van der Waals surface area contributed by atoms with Crippen LogP contribution in [0.1, 0.15) is 72.8 Å². The highest BCUT2D eigenvalue weighted by Crippen LogP contribution is 2.19. The Morgan fingerprint density at radius 3 is 2.04 bits per heavy atom. The predicted molar refractivity (Wildman–Crippen MR) is 251 cm³/mol. The van der Waals surface area contributed by atoms with E-state index in [4.69, 9.17) is 16.2 Å². The number of nitrogens with one attached hydrogen (secondary N) is 6. The number of carbonyl (C=O) groups is 9. The van der Waals surface area contributed by atoms with E-state index in [1.165, 1.54) is 40.8 Å². The van der Waals surface area contributed by atoms with Crippen LogP contribution in [0.25, 0.3) is 0 Å². The summed E-state index contributed by atoms with van der Waals surface area (Å²) in [6.45, 7) is 12.5. The summed E-state index contributed by atoms with van der Waals surface area (Å²) in [7, 11) is 2.81. The van der Waals surface area contributed by atoms with Gasteiger partial charge in [0, 0.05) is 33.0 Å². The number of hydrogen-bond donors (Lipinski definition) is 10. The number of guanidine groups is 1. The van der Waals surface area contributed by atoms with Gasteiger partial charge in [-0.15, -0.1) is 0 Å². The van der Waals surface area contributed by atoms with Crippen molar-refractivity contribution >= 4 is 59.2 Å². The Labute approximate surface area is 396 Å². The predicted octanol–water partition coefficient (Wildman–Crippen LogP) is -0.408. The van der Waals surface area contributed by atoms with Gasteiger partial charge in [0.2, 0.25) is 35.4 Å².